The molecule has 2 nitrogen and oxygen atoms in total. The Labute approximate surface area is 134 Å². The zero-order chi connectivity index (χ0) is 15.5. The summed E-state index contributed by atoms with van der Waals surface area (Å²) in [7, 11) is 1.76. The van der Waals surface area contributed by atoms with Crippen LogP contribution in [0.1, 0.15) is 37.8 Å². The van der Waals surface area contributed by atoms with Gasteiger partial charge in [-0.2, -0.15) is 0 Å². The van der Waals surface area contributed by atoms with Crippen LogP contribution in [0.4, 0.5) is 0 Å². The number of ether oxygens (including phenoxy) is 1. The van der Waals surface area contributed by atoms with E-state index in [0.29, 0.717) is 6.04 Å². The lowest BCUT2D eigenvalue weighted by molar-refractivity contribution is 0.191. The molecule has 1 aliphatic carbocycles. The van der Waals surface area contributed by atoms with E-state index in [2.05, 4.69) is 49.1 Å². The van der Waals surface area contributed by atoms with Gasteiger partial charge in [-0.3, -0.25) is 4.90 Å². The molecule has 1 unspecified atom stereocenters. The van der Waals surface area contributed by atoms with Gasteiger partial charge in [0.2, 0.25) is 0 Å². The second kappa shape index (κ2) is 6.70. The molecular formula is C20H27NO. The predicted octanol–water partition coefficient (Wildman–Crippen LogP) is 4.44. The lowest BCUT2D eigenvalue weighted by Crippen LogP contribution is -2.41. The Morgan fingerprint density at radius 3 is 2.45 bits per heavy atom. The average Bonchev–Trinajstić information content (AvgIpc) is 2.54. The standard InChI is InChI=1S/C20H27NO/c1-4-9-21(10-5-2)18-11-15-7-6-8-16-13-19(22-3)14-17(12-18)20(15)16/h6-8,13-14,18H,4-5,9-12H2,1-3H3. The SMILES string of the molecule is CCCN(CCC)C1Cc2cccc3cc(OC)cc(c23)C1. The highest BCUT2D eigenvalue weighted by molar-refractivity contribution is 5.91. The third kappa shape index (κ3) is 2.85. The topological polar surface area (TPSA) is 12.5 Å². The molecule has 2 aromatic rings. The van der Waals surface area contributed by atoms with Gasteiger partial charge in [0.05, 0.1) is 7.11 Å². The first-order valence-electron chi connectivity index (χ1n) is 8.59. The second-order valence-electron chi connectivity index (χ2n) is 6.40. The molecule has 0 N–H and O–H groups in total. The summed E-state index contributed by atoms with van der Waals surface area (Å²) in [6.45, 7) is 6.97. The normalized spacial score (nSPS) is 17.2. The lowest BCUT2D eigenvalue weighted by Gasteiger charge is -2.35. The number of hydrogen-bond acceptors (Lipinski definition) is 2. The van der Waals surface area contributed by atoms with Gasteiger partial charge in [0.25, 0.3) is 0 Å². The minimum atomic E-state index is 0.630. The van der Waals surface area contributed by atoms with E-state index in [4.69, 9.17) is 4.74 Å². The highest BCUT2D eigenvalue weighted by atomic mass is 16.5. The molecule has 1 aliphatic rings. The van der Waals surface area contributed by atoms with Crippen LogP contribution in [-0.4, -0.2) is 31.1 Å². The summed E-state index contributed by atoms with van der Waals surface area (Å²) in [5, 5.41) is 2.79. The average molecular weight is 297 g/mol. The van der Waals surface area contributed by atoms with Crippen LogP contribution in [-0.2, 0) is 12.8 Å². The Kier molecular flexibility index (Phi) is 4.68. The summed E-state index contributed by atoms with van der Waals surface area (Å²) in [6, 6.07) is 11.7. The molecule has 0 spiro atoms. The molecule has 118 valence electrons. The summed E-state index contributed by atoms with van der Waals surface area (Å²) in [6.07, 6.45) is 4.78. The predicted molar refractivity (Wildman–Crippen MR) is 93.9 cm³/mol. The van der Waals surface area contributed by atoms with Crippen LogP contribution in [0, 0.1) is 0 Å². The van der Waals surface area contributed by atoms with E-state index in [1.165, 1.54) is 54.3 Å². The number of nitrogens with zero attached hydrogens (tertiary/aromatic N) is 1. The molecule has 0 radical (unpaired) electrons. The first kappa shape index (κ1) is 15.4. The van der Waals surface area contributed by atoms with Gasteiger partial charge >= 0.3 is 0 Å². The number of benzene rings is 2. The third-order valence-electron chi connectivity index (χ3n) is 4.80. The highest BCUT2D eigenvalue weighted by Crippen LogP contribution is 2.34. The van der Waals surface area contributed by atoms with Crippen molar-refractivity contribution in [2.45, 2.75) is 45.6 Å². The van der Waals surface area contributed by atoms with Crippen molar-refractivity contribution >= 4 is 10.8 Å². The lowest BCUT2D eigenvalue weighted by atomic mass is 9.84. The van der Waals surface area contributed by atoms with Crippen LogP contribution >= 0.6 is 0 Å². The van der Waals surface area contributed by atoms with Crippen molar-refractivity contribution < 1.29 is 4.74 Å². The molecule has 0 aromatic heterocycles. The molecule has 22 heavy (non-hydrogen) atoms. The van der Waals surface area contributed by atoms with Gasteiger partial charge in [-0.1, -0.05) is 32.0 Å². The van der Waals surface area contributed by atoms with Crippen LogP contribution in [0.3, 0.4) is 0 Å². The van der Waals surface area contributed by atoms with Crippen LogP contribution in [0.15, 0.2) is 30.3 Å². The molecule has 0 heterocycles. The minimum Gasteiger partial charge on any atom is -0.497 e. The second-order valence-corrected chi connectivity index (χ2v) is 6.40. The molecule has 0 saturated heterocycles. The van der Waals surface area contributed by atoms with Crippen molar-refractivity contribution in [2.75, 3.05) is 20.2 Å². The van der Waals surface area contributed by atoms with E-state index in [-0.39, 0.29) is 0 Å². The van der Waals surface area contributed by atoms with E-state index in [9.17, 15) is 0 Å². The van der Waals surface area contributed by atoms with Crippen LogP contribution in [0.25, 0.3) is 10.8 Å². The molecule has 2 aromatic carbocycles. The molecule has 2 heteroatoms. The Hall–Kier alpha value is -1.54. The van der Waals surface area contributed by atoms with Crippen LogP contribution in [0.5, 0.6) is 5.75 Å². The van der Waals surface area contributed by atoms with Gasteiger partial charge in [0, 0.05) is 6.04 Å². The fraction of sp³-hybridized carbons (Fsp3) is 0.500. The van der Waals surface area contributed by atoms with Gasteiger partial charge in [0.1, 0.15) is 5.75 Å². The van der Waals surface area contributed by atoms with Crippen molar-refractivity contribution in [2.24, 2.45) is 0 Å². The van der Waals surface area contributed by atoms with E-state index in [1.54, 1.807) is 7.11 Å². The van der Waals surface area contributed by atoms with Crippen molar-refractivity contribution in [3.63, 3.8) is 0 Å². The Balaban J connectivity index is 1.99. The smallest absolute Gasteiger partial charge is 0.119 e. The van der Waals surface area contributed by atoms with Gasteiger partial charge in [-0.25, -0.2) is 0 Å². The first-order chi connectivity index (χ1) is 10.8. The largest absolute Gasteiger partial charge is 0.497 e. The van der Waals surface area contributed by atoms with Gasteiger partial charge in [-0.05, 0) is 72.8 Å². The van der Waals surface area contributed by atoms with E-state index < -0.39 is 0 Å². The molecule has 0 aliphatic heterocycles. The van der Waals surface area contributed by atoms with Crippen molar-refractivity contribution in [3.8, 4) is 5.75 Å². The van der Waals surface area contributed by atoms with Gasteiger partial charge in [0.15, 0.2) is 0 Å². The van der Waals surface area contributed by atoms with E-state index in [1.807, 2.05) is 0 Å². The fourth-order valence-electron chi connectivity index (χ4n) is 3.91. The maximum absolute atomic E-state index is 5.51. The summed E-state index contributed by atoms with van der Waals surface area (Å²) in [4.78, 5) is 2.68. The Bertz CT molecular complexity index is 643. The third-order valence-corrected chi connectivity index (χ3v) is 4.80. The van der Waals surface area contributed by atoms with Gasteiger partial charge < -0.3 is 4.74 Å². The highest BCUT2D eigenvalue weighted by Gasteiger charge is 2.25. The molecule has 0 amide bonds. The molecule has 0 fully saturated rings. The molecule has 3 rings (SSSR count). The van der Waals surface area contributed by atoms with Crippen LogP contribution in [0.2, 0.25) is 0 Å². The van der Waals surface area contributed by atoms with Crippen LogP contribution < -0.4 is 4.74 Å². The summed E-state index contributed by atoms with van der Waals surface area (Å²) in [5.41, 5.74) is 2.96. The summed E-state index contributed by atoms with van der Waals surface area (Å²) < 4.78 is 5.51. The number of methoxy groups -OCH3 is 1. The van der Waals surface area contributed by atoms with E-state index >= 15 is 0 Å². The number of hydrogen-bond donors (Lipinski definition) is 0. The Morgan fingerprint density at radius 2 is 1.77 bits per heavy atom. The maximum atomic E-state index is 5.51. The Morgan fingerprint density at radius 1 is 1.05 bits per heavy atom. The minimum absolute atomic E-state index is 0.630. The molecular weight excluding hydrogens is 270 g/mol. The molecule has 0 saturated carbocycles. The zero-order valence-electron chi connectivity index (χ0n) is 14.1. The molecule has 0 bridgehead atoms. The van der Waals surface area contributed by atoms with Crippen molar-refractivity contribution in [3.05, 3.63) is 41.5 Å². The maximum Gasteiger partial charge on any atom is 0.119 e. The molecule has 1 atom stereocenters. The first-order valence-corrected chi connectivity index (χ1v) is 8.59. The van der Waals surface area contributed by atoms with Gasteiger partial charge in [-0.15, -0.1) is 0 Å². The fourth-order valence-corrected chi connectivity index (χ4v) is 3.91. The number of rotatable bonds is 6. The monoisotopic (exact) mass is 297 g/mol. The summed E-state index contributed by atoms with van der Waals surface area (Å²) >= 11 is 0. The van der Waals surface area contributed by atoms with E-state index in [0.717, 1.165) is 12.2 Å². The quantitative estimate of drug-likeness (QED) is 0.781. The zero-order valence-corrected chi connectivity index (χ0v) is 14.1. The van der Waals surface area contributed by atoms with Crippen molar-refractivity contribution in [1.29, 1.82) is 0 Å². The summed E-state index contributed by atoms with van der Waals surface area (Å²) in [5.74, 6) is 0.984. The van der Waals surface area contributed by atoms with Crippen molar-refractivity contribution in [1.82, 2.24) is 4.90 Å².